The van der Waals surface area contributed by atoms with E-state index in [4.69, 9.17) is 19.3 Å². The maximum absolute atomic E-state index is 12.2. The Morgan fingerprint density at radius 3 is 2.50 bits per heavy atom. The van der Waals surface area contributed by atoms with Crippen molar-refractivity contribution in [2.75, 3.05) is 20.3 Å². The summed E-state index contributed by atoms with van der Waals surface area (Å²) >= 11 is 0. The lowest BCUT2D eigenvalue weighted by atomic mass is 10.0. The second kappa shape index (κ2) is 12.6. The Labute approximate surface area is 166 Å². The fourth-order valence-electron chi connectivity index (χ4n) is 3.19. The molecule has 1 aliphatic heterocycles. The zero-order valence-electron chi connectivity index (χ0n) is 16.5. The van der Waals surface area contributed by atoms with Crippen LogP contribution in [0.2, 0.25) is 0 Å². The van der Waals surface area contributed by atoms with Gasteiger partial charge in [-0.25, -0.2) is 0 Å². The molecule has 2 N–H and O–H groups in total. The zero-order valence-corrected chi connectivity index (χ0v) is 16.5. The van der Waals surface area contributed by atoms with Crippen molar-refractivity contribution in [3.8, 4) is 0 Å². The third kappa shape index (κ3) is 8.06. The summed E-state index contributed by atoms with van der Waals surface area (Å²) in [5.41, 5.74) is 1.04. The number of carbonyl (C=O) groups excluding carboxylic acids is 2. The molecular formula is C21H31NO6. The highest BCUT2D eigenvalue weighted by Gasteiger charge is 2.31. The van der Waals surface area contributed by atoms with E-state index in [9.17, 15) is 9.59 Å². The van der Waals surface area contributed by atoms with Gasteiger partial charge in [0.25, 0.3) is 0 Å². The molecule has 1 aromatic carbocycles. The third-order valence-electron chi connectivity index (χ3n) is 4.67. The van der Waals surface area contributed by atoms with Crippen LogP contribution in [-0.4, -0.2) is 49.6 Å². The van der Waals surface area contributed by atoms with Crippen LogP contribution in [0, 0.1) is 0 Å². The van der Waals surface area contributed by atoms with Gasteiger partial charge in [-0.2, -0.15) is 0 Å². The number of carbonyl (C=O) groups is 2. The Morgan fingerprint density at radius 1 is 1.11 bits per heavy atom. The molecule has 7 nitrogen and oxygen atoms in total. The number of aliphatic hydroxyl groups is 1. The van der Waals surface area contributed by atoms with Gasteiger partial charge >= 0.3 is 0 Å². The van der Waals surface area contributed by atoms with Crippen LogP contribution in [0.5, 0.6) is 0 Å². The molecule has 1 fully saturated rings. The predicted molar refractivity (Wildman–Crippen MR) is 103 cm³/mol. The van der Waals surface area contributed by atoms with E-state index in [0.29, 0.717) is 25.9 Å². The molecule has 0 aromatic heterocycles. The van der Waals surface area contributed by atoms with Crippen molar-refractivity contribution in [2.45, 2.75) is 63.6 Å². The minimum Gasteiger partial charge on any atom is -0.389 e. The Kier molecular flexibility index (Phi) is 10.1. The molecule has 28 heavy (non-hydrogen) atoms. The van der Waals surface area contributed by atoms with Crippen LogP contribution >= 0.6 is 0 Å². The molecule has 0 bridgehead atoms. The smallest absolute Gasteiger partial charge is 0.241 e. The summed E-state index contributed by atoms with van der Waals surface area (Å²) < 4.78 is 16.9. The van der Waals surface area contributed by atoms with E-state index in [1.807, 2.05) is 30.3 Å². The monoisotopic (exact) mass is 393 g/mol. The minimum absolute atomic E-state index is 0.124. The number of benzene rings is 1. The van der Waals surface area contributed by atoms with Crippen LogP contribution in [0.4, 0.5) is 0 Å². The number of Topliss-reactive ketones (excluding diaryl/α,β-unsaturated/α-hetero) is 1. The largest absolute Gasteiger partial charge is 0.389 e. The van der Waals surface area contributed by atoms with Crippen molar-refractivity contribution < 1.29 is 28.9 Å². The number of hydrogen-bond acceptors (Lipinski definition) is 6. The molecule has 0 aliphatic carbocycles. The molecule has 0 radical (unpaired) electrons. The molecule has 2 rings (SSSR count). The van der Waals surface area contributed by atoms with E-state index in [1.54, 1.807) is 7.11 Å². The number of hydrogen-bond donors (Lipinski definition) is 2. The van der Waals surface area contributed by atoms with Crippen molar-refractivity contribution in [1.29, 1.82) is 0 Å². The van der Waals surface area contributed by atoms with Crippen molar-refractivity contribution in [2.24, 2.45) is 0 Å². The van der Waals surface area contributed by atoms with E-state index in [2.05, 4.69) is 5.32 Å². The summed E-state index contributed by atoms with van der Waals surface area (Å²) in [5, 5.41) is 11.5. The lowest BCUT2D eigenvalue weighted by Gasteiger charge is -2.35. The summed E-state index contributed by atoms with van der Waals surface area (Å²) in [7, 11) is 1.62. The fourth-order valence-corrected chi connectivity index (χ4v) is 3.19. The number of nitrogens with one attached hydrogen (secondary N) is 1. The molecule has 0 spiro atoms. The van der Waals surface area contributed by atoms with E-state index in [1.165, 1.54) is 0 Å². The van der Waals surface area contributed by atoms with E-state index in [0.717, 1.165) is 31.2 Å². The predicted octanol–water partition coefficient (Wildman–Crippen LogP) is 2.48. The number of aliphatic hydroxyl groups excluding tert-OH is 1. The highest BCUT2D eigenvalue weighted by atomic mass is 16.7. The maximum atomic E-state index is 12.2. The van der Waals surface area contributed by atoms with Crippen LogP contribution in [0.3, 0.4) is 0 Å². The number of ketones is 1. The van der Waals surface area contributed by atoms with Gasteiger partial charge in [-0.3, -0.25) is 9.59 Å². The molecule has 1 saturated heterocycles. The summed E-state index contributed by atoms with van der Waals surface area (Å²) in [4.78, 5) is 23.2. The molecule has 1 heterocycles. The SMILES string of the molecule is COCC1CC(c2ccccc2)OC(NC(=O)CCCCCCC(=O)CO)O1. The van der Waals surface area contributed by atoms with E-state index < -0.39 is 13.0 Å². The highest BCUT2D eigenvalue weighted by Crippen LogP contribution is 2.30. The topological polar surface area (TPSA) is 94.1 Å². The first-order valence-electron chi connectivity index (χ1n) is 9.89. The summed E-state index contributed by atoms with van der Waals surface area (Å²) in [6.45, 7) is 0.0451. The lowest BCUT2D eigenvalue weighted by molar-refractivity contribution is -0.262. The third-order valence-corrected chi connectivity index (χ3v) is 4.67. The zero-order chi connectivity index (χ0) is 20.2. The Hall–Kier alpha value is -1.80. The second-order valence-electron chi connectivity index (χ2n) is 6.99. The molecule has 7 heteroatoms. The first-order valence-corrected chi connectivity index (χ1v) is 9.89. The average Bonchev–Trinajstić information content (AvgIpc) is 2.71. The van der Waals surface area contributed by atoms with Gasteiger partial charge < -0.3 is 24.6 Å². The van der Waals surface area contributed by atoms with Crippen LogP contribution in [-0.2, 0) is 23.8 Å². The van der Waals surface area contributed by atoms with E-state index in [-0.39, 0.29) is 23.9 Å². The molecule has 1 aliphatic rings. The molecule has 156 valence electrons. The van der Waals surface area contributed by atoms with Gasteiger partial charge in [0.05, 0.1) is 18.8 Å². The molecule has 0 saturated carbocycles. The van der Waals surface area contributed by atoms with Crippen LogP contribution in [0.15, 0.2) is 30.3 Å². The molecular weight excluding hydrogens is 362 g/mol. The van der Waals surface area contributed by atoms with Gasteiger partial charge in [-0.05, 0) is 18.4 Å². The number of rotatable bonds is 12. The minimum atomic E-state index is -0.797. The number of ether oxygens (including phenoxy) is 3. The van der Waals surface area contributed by atoms with Crippen molar-refractivity contribution in [3.05, 3.63) is 35.9 Å². The van der Waals surface area contributed by atoms with Gasteiger partial charge in [0.2, 0.25) is 12.3 Å². The van der Waals surface area contributed by atoms with Crippen LogP contribution in [0.25, 0.3) is 0 Å². The van der Waals surface area contributed by atoms with E-state index >= 15 is 0 Å². The normalized spacial score (nSPS) is 22.0. The second-order valence-corrected chi connectivity index (χ2v) is 6.99. The van der Waals surface area contributed by atoms with Gasteiger partial charge in [0, 0.05) is 26.4 Å². The molecule has 3 unspecified atom stereocenters. The van der Waals surface area contributed by atoms with Gasteiger partial charge in [0.1, 0.15) is 6.61 Å². The van der Waals surface area contributed by atoms with Crippen LogP contribution < -0.4 is 5.32 Å². The summed E-state index contributed by atoms with van der Waals surface area (Å²) in [6, 6.07) is 9.87. The van der Waals surface area contributed by atoms with Crippen molar-refractivity contribution in [1.82, 2.24) is 5.32 Å². The average molecular weight is 393 g/mol. The first kappa shape index (κ1) is 22.5. The highest BCUT2D eigenvalue weighted by molar-refractivity contribution is 5.79. The number of unbranched alkanes of at least 4 members (excludes halogenated alkanes) is 3. The van der Waals surface area contributed by atoms with Gasteiger partial charge in [0.15, 0.2) is 5.78 Å². The number of methoxy groups -OCH3 is 1. The van der Waals surface area contributed by atoms with Gasteiger partial charge in [-0.1, -0.05) is 43.2 Å². The Balaban J connectivity index is 1.74. The standard InChI is InChI=1S/C21H31NO6/c1-26-15-18-13-19(16-9-5-4-6-10-16)28-21(27-18)22-20(25)12-8-3-2-7-11-17(24)14-23/h4-6,9-10,18-19,21,23H,2-3,7-8,11-15H2,1H3,(H,22,25). The molecule has 3 atom stereocenters. The maximum Gasteiger partial charge on any atom is 0.241 e. The first-order chi connectivity index (χ1) is 13.6. The quantitative estimate of drug-likeness (QED) is 0.530. The van der Waals surface area contributed by atoms with Crippen molar-refractivity contribution >= 4 is 11.7 Å². The van der Waals surface area contributed by atoms with Crippen LogP contribution in [0.1, 0.15) is 56.6 Å². The summed E-state index contributed by atoms with van der Waals surface area (Å²) in [5.74, 6) is -0.260. The summed E-state index contributed by atoms with van der Waals surface area (Å²) in [6.07, 6.45) is 3.52. The molecule has 1 aromatic rings. The Bertz CT molecular complexity index is 594. The Morgan fingerprint density at radius 2 is 1.82 bits per heavy atom. The van der Waals surface area contributed by atoms with Crippen molar-refractivity contribution in [3.63, 3.8) is 0 Å². The molecule has 1 amide bonds. The lowest BCUT2D eigenvalue weighted by Crippen LogP contribution is -2.46. The van der Waals surface area contributed by atoms with Gasteiger partial charge in [-0.15, -0.1) is 0 Å². The fraction of sp³-hybridized carbons (Fsp3) is 0.619. The number of amides is 1.